The number of hydrogen-bond donors (Lipinski definition) is 0. The molecule has 2 heterocycles. The molecule has 2 aliphatic heterocycles. The number of esters is 1. The molecule has 0 aromatic heterocycles. The first-order valence-electron chi connectivity index (χ1n) is 10.6. The van der Waals surface area contributed by atoms with Gasteiger partial charge in [0.2, 0.25) is 5.91 Å². The van der Waals surface area contributed by atoms with Gasteiger partial charge < -0.3 is 14.4 Å². The van der Waals surface area contributed by atoms with Gasteiger partial charge in [-0.15, -0.1) is 0 Å². The third-order valence-corrected chi connectivity index (χ3v) is 6.24. The summed E-state index contributed by atoms with van der Waals surface area (Å²) in [5, 5.41) is 0. The van der Waals surface area contributed by atoms with E-state index in [1.807, 2.05) is 11.0 Å². The highest BCUT2D eigenvalue weighted by Gasteiger charge is 2.36. The van der Waals surface area contributed by atoms with Crippen LogP contribution in [0.4, 0.5) is 5.69 Å². The van der Waals surface area contributed by atoms with Gasteiger partial charge in [-0.3, -0.25) is 19.3 Å². The number of amides is 2. The van der Waals surface area contributed by atoms with Gasteiger partial charge in [-0.25, -0.2) is 0 Å². The van der Waals surface area contributed by atoms with Crippen LogP contribution in [-0.2, 0) is 19.1 Å². The van der Waals surface area contributed by atoms with Crippen molar-refractivity contribution in [2.45, 2.75) is 51.0 Å². The van der Waals surface area contributed by atoms with Crippen LogP contribution in [0.5, 0.6) is 5.75 Å². The Morgan fingerprint density at radius 1 is 1.10 bits per heavy atom. The maximum absolute atomic E-state index is 12.7. The summed E-state index contributed by atoms with van der Waals surface area (Å²) in [5.74, 6) is 0.253. The summed E-state index contributed by atoms with van der Waals surface area (Å²) in [4.78, 5) is 40.9. The molecule has 7 heteroatoms. The molecule has 1 aromatic rings. The van der Waals surface area contributed by atoms with E-state index in [-0.39, 0.29) is 38.0 Å². The number of fused-ring (bicyclic) bond motifs is 2. The molecule has 29 heavy (non-hydrogen) atoms. The zero-order valence-electron chi connectivity index (χ0n) is 16.7. The van der Waals surface area contributed by atoms with E-state index in [0.29, 0.717) is 23.4 Å². The van der Waals surface area contributed by atoms with Crippen LogP contribution in [-0.4, -0.2) is 55.0 Å². The Kier molecular flexibility index (Phi) is 6.02. The molecule has 0 N–H and O–H groups in total. The molecule has 0 unspecified atom stereocenters. The predicted octanol–water partition coefficient (Wildman–Crippen LogP) is 2.53. The highest BCUT2D eigenvalue weighted by Crippen LogP contribution is 2.35. The number of ether oxygens (including phenoxy) is 2. The smallest absolute Gasteiger partial charge is 0.326 e. The van der Waals surface area contributed by atoms with E-state index < -0.39 is 5.97 Å². The summed E-state index contributed by atoms with van der Waals surface area (Å²) in [7, 11) is 0. The fourth-order valence-electron chi connectivity index (χ4n) is 4.83. The van der Waals surface area contributed by atoms with Gasteiger partial charge in [0.05, 0.1) is 18.7 Å². The van der Waals surface area contributed by atoms with Gasteiger partial charge in [-0.1, -0.05) is 25.0 Å². The van der Waals surface area contributed by atoms with Crippen molar-refractivity contribution in [1.82, 2.24) is 4.90 Å². The average Bonchev–Trinajstić information content (AvgIpc) is 2.90. The van der Waals surface area contributed by atoms with E-state index in [9.17, 15) is 14.4 Å². The van der Waals surface area contributed by atoms with E-state index in [2.05, 4.69) is 0 Å². The highest BCUT2D eigenvalue weighted by molar-refractivity contribution is 5.99. The number of benzene rings is 1. The molecule has 3 aliphatic rings. The van der Waals surface area contributed by atoms with Crippen molar-refractivity contribution < 1.29 is 23.9 Å². The maximum Gasteiger partial charge on any atom is 0.326 e. The van der Waals surface area contributed by atoms with Crippen molar-refractivity contribution in [2.24, 2.45) is 5.92 Å². The Morgan fingerprint density at radius 3 is 2.79 bits per heavy atom. The van der Waals surface area contributed by atoms with Gasteiger partial charge in [-0.05, 0) is 43.7 Å². The van der Waals surface area contributed by atoms with Crippen LogP contribution in [0.1, 0.15) is 44.9 Å². The number of para-hydroxylation sites is 2. The fraction of sp³-hybridized carbons (Fsp3) is 0.591. The minimum absolute atomic E-state index is 0.124. The van der Waals surface area contributed by atoms with Crippen LogP contribution >= 0.6 is 0 Å². The summed E-state index contributed by atoms with van der Waals surface area (Å²) in [6.07, 6.45) is 7.02. The fourth-order valence-corrected chi connectivity index (χ4v) is 4.83. The second kappa shape index (κ2) is 8.84. The second-order valence-corrected chi connectivity index (χ2v) is 8.05. The number of carbonyl (C=O) groups excluding carboxylic acids is 3. The second-order valence-electron chi connectivity index (χ2n) is 8.05. The quantitative estimate of drug-likeness (QED) is 0.726. The molecule has 0 bridgehead atoms. The van der Waals surface area contributed by atoms with Gasteiger partial charge >= 0.3 is 5.97 Å². The lowest BCUT2D eigenvalue weighted by atomic mass is 9.78. The zero-order valence-corrected chi connectivity index (χ0v) is 16.7. The largest absolute Gasteiger partial charge is 0.491 e. The van der Waals surface area contributed by atoms with Crippen LogP contribution in [0.15, 0.2) is 24.3 Å². The van der Waals surface area contributed by atoms with Crippen molar-refractivity contribution >= 4 is 23.5 Å². The Bertz CT molecular complexity index is 778. The van der Waals surface area contributed by atoms with Crippen LogP contribution in [0.3, 0.4) is 0 Å². The van der Waals surface area contributed by atoms with Gasteiger partial charge in [0.15, 0.2) is 6.61 Å². The number of carbonyl (C=O) groups is 3. The summed E-state index contributed by atoms with van der Waals surface area (Å²) >= 11 is 0. The van der Waals surface area contributed by atoms with E-state index in [4.69, 9.17) is 9.47 Å². The SMILES string of the molecule is O=C(CN1C(=O)CCOc2ccccc21)OCC(=O)N1CCC[C@@H]2CCCC[C@@H]21. The first-order valence-corrected chi connectivity index (χ1v) is 10.6. The number of nitrogens with zero attached hydrogens (tertiary/aromatic N) is 2. The molecule has 1 saturated carbocycles. The molecule has 2 amide bonds. The van der Waals surface area contributed by atoms with E-state index in [1.165, 1.54) is 24.2 Å². The van der Waals surface area contributed by atoms with E-state index in [1.54, 1.807) is 18.2 Å². The minimum Gasteiger partial charge on any atom is -0.491 e. The predicted molar refractivity (Wildman–Crippen MR) is 107 cm³/mol. The number of hydrogen-bond acceptors (Lipinski definition) is 5. The van der Waals surface area contributed by atoms with Gasteiger partial charge in [0.25, 0.3) is 5.91 Å². The van der Waals surface area contributed by atoms with E-state index in [0.717, 1.165) is 25.8 Å². The molecular weight excluding hydrogens is 372 g/mol. The third-order valence-electron chi connectivity index (χ3n) is 6.24. The molecule has 0 spiro atoms. The molecular formula is C22H28N2O5. The van der Waals surface area contributed by atoms with Gasteiger partial charge in [0, 0.05) is 12.6 Å². The lowest BCUT2D eigenvalue weighted by Gasteiger charge is -2.44. The first-order chi connectivity index (χ1) is 14.1. The van der Waals surface area contributed by atoms with Crippen LogP contribution < -0.4 is 9.64 Å². The molecule has 1 aromatic carbocycles. The Balaban J connectivity index is 1.35. The standard InChI is InChI=1S/C22H28N2O5/c25-20-11-13-28-19-10-4-3-9-18(19)24(20)14-22(27)29-15-21(26)23-12-5-7-16-6-1-2-8-17(16)23/h3-4,9-10,16-17H,1-2,5-8,11-15H2/t16-,17-/m0/s1. The molecule has 7 nitrogen and oxygen atoms in total. The molecule has 156 valence electrons. The number of likely N-dealkylation sites (tertiary alicyclic amines) is 1. The lowest BCUT2D eigenvalue weighted by Crippen LogP contribution is -2.51. The average molecular weight is 400 g/mol. The minimum atomic E-state index is -0.583. The lowest BCUT2D eigenvalue weighted by molar-refractivity contribution is -0.154. The number of piperidine rings is 1. The van der Waals surface area contributed by atoms with Crippen molar-refractivity contribution in [3.05, 3.63) is 24.3 Å². The third kappa shape index (κ3) is 4.38. The number of rotatable bonds is 4. The summed E-state index contributed by atoms with van der Waals surface area (Å²) < 4.78 is 10.9. The summed E-state index contributed by atoms with van der Waals surface area (Å²) in [6, 6.07) is 7.42. The summed E-state index contributed by atoms with van der Waals surface area (Å²) in [6.45, 7) is 0.533. The molecule has 1 saturated heterocycles. The summed E-state index contributed by atoms with van der Waals surface area (Å²) in [5.41, 5.74) is 0.555. The highest BCUT2D eigenvalue weighted by atomic mass is 16.5. The van der Waals surface area contributed by atoms with Crippen LogP contribution in [0.25, 0.3) is 0 Å². The molecule has 2 fully saturated rings. The van der Waals surface area contributed by atoms with Crippen molar-refractivity contribution in [3.8, 4) is 5.75 Å². The molecule has 4 rings (SSSR count). The van der Waals surface area contributed by atoms with Gasteiger partial charge in [-0.2, -0.15) is 0 Å². The van der Waals surface area contributed by atoms with E-state index >= 15 is 0 Å². The van der Waals surface area contributed by atoms with Crippen LogP contribution in [0, 0.1) is 5.92 Å². The maximum atomic E-state index is 12.7. The zero-order chi connectivity index (χ0) is 20.2. The number of anilines is 1. The molecule has 2 atom stereocenters. The monoisotopic (exact) mass is 400 g/mol. The normalized spacial score (nSPS) is 24.1. The Labute approximate surface area is 170 Å². The van der Waals surface area contributed by atoms with Crippen LogP contribution in [0.2, 0.25) is 0 Å². The topological polar surface area (TPSA) is 76.1 Å². The van der Waals surface area contributed by atoms with Crippen molar-refractivity contribution in [2.75, 3.05) is 31.2 Å². The molecule has 1 aliphatic carbocycles. The van der Waals surface area contributed by atoms with Crippen molar-refractivity contribution in [3.63, 3.8) is 0 Å². The molecule has 0 radical (unpaired) electrons. The Morgan fingerprint density at radius 2 is 1.90 bits per heavy atom. The Hall–Kier alpha value is -2.57. The first kappa shape index (κ1) is 19.7. The van der Waals surface area contributed by atoms with Gasteiger partial charge in [0.1, 0.15) is 12.3 Å². The van der Waals surface area contributed by atoms with Crippen molar-refractivity contribution in [1.29, 1.82) is 0 Å².